The molecule has 124 valence electrons. The predicted molar refractivity (Wildman–Crippen MR) is 91.5 cm³/mol. The molecule has 0 radical (unpaired) electrons. The number of hydrogen-bond donors (Lipinski definition) is 2. The van der Waals surface area contributed by atoms with Crippen molar-refractivity contribution in [3.05, 3.63) is 58.5 Å². The number of halogens is 1. The fourth-order valence-electron chi connectivity index (χ4n) is 1.79. The van der Waals surface area contributed by atoms with Gasteiger partial charge in [0.25, 0.3) is 5.91 Å². The monoisotopic (exact) mass is 344 g/mol. The molecule has 24 heavy (non-hydrogen) atoms. The first-order chi connectivity index (χ1) is 11.6. The Morgan fingerprint density at radius 1 is 1.08 bits per heavy atom. The van der Waals surface area contributed by atoms with Crippen molar-refractivity contribution < 1.29 is 14.0 Å². The average molecular weight is 345 g/mol. The summed E-state index contributed by atoms with van der Waals surface area (Å²) in [6.45, 7) is 2.09. The van der Waals surface area contributed by atoms with Gasteiger partial charge >= 0.3 is 5.91 Å². The number of carbonyl (C=O) groups is 2. The maximum Gasteiger partial charge on any atom is 0.305 e. The average Bonchev–Trinajstić information content (AvgIpc) is 3.06. The Kier molecular flexibility index (Phi) is 6.47. The van der Waals surface area contributed by atoms with E-state index in [1.54, 1.807) is 30.3 Å². The zero-order valence-electron chi connectivity index (χ0n) is 13.2. The van der Waals surface area contributed by atoms with E-state index < -0.39 is 11.8 Å². The molecule has 1 heterocycles. The summed E-state index contributed by atoms with van der Waals surface area (Å²) in [5.41, 5.74) is 4.97. The molecule has 0 bridgehead atoms. The lowest BCUT2D eigenvalue weighted by Gasteiger charge is -2.05. The lowest BCUT2D eigenvalue weighted by Crippen LogP contribution is -2.41. The summed E-state index contributed by atoms with van der Waals surface area (Å²) in [5.74, 6) is 5.31. The zero-order chi connectivity index (χ0) is 17.4. The second-order valence-electron chi connectivity index (χ2n) is 4.98. The van der Waals surface area contributed by atoms with Crippen LogP contribution in [0.2, 0.25) is 5.02 Å². The van der Waals surface area contributed by atoms with Crippen molar-refractivity contribution in [1.82, 2.24) is 10.9 Å². The van der Waals surface area contributed by atoms with Crippen molar-refractivity contribution in [3.8, 4) is 11.8 Å². The first kappa shape index (κ1) is 17.6. The van der Waals surface area contributed by atoms with Gasteiger partial charge in [0, 0.05) is 17.0 Å². The van der Waals surface area contributed by atoms with Gasteiger partial charge in [-0.05, 0) is 48.7 Å². The van der Waals surface area contributed by atoms with Crippen LogP contribution in [0, 0.1) is 11.8 Å². The number of furan rings is 1. The van der Waals surface area contributed by atoms with Crippen LogP contribution in [-0.2, 0) is 0 Å². The van der Waals surface area contributed by atoms with Crippen LogP contribution in [0.1, 0.15) is 52.9 Å². The SMILES string of the molecule is CCCCC#Cc1ccc(C(=O)NNC(=O)c2ccc(Cl)cc2)o1. The van der Waals surface area contributed by atoms with Gasteiger partial charge in [0.2, 0.25) is 0 Å². The number of carbonyl (C=O) groups excluding carboxylic acids is 2. The highest BCUT2D eigenvalue weighted by atomic mass is 35.5. The predicted octanol–water partition coefficient (Wildman–Crippen LogP) is 3.55. The van der Waals surface area contributed by atoms with Gasteiger partial charge in [-0.1, -0.05) is 30.9 Å². The highest BCUT2D eigenvalue weighted by Gasteiger charge is 2.12. The summed E-state index contributed by atoms with van der Waals surface area (Å²) in [5, 5.41) is 0.527. The summed E-state index contributed by atoms with van der Waals surface area (Å²) in [7, 11) is 0. The van der Waals surface area contributed by atoms with Crippen LogP contribution in [0.3, 0.4) is 0 Å². The first-order valence-electron chi connectivity index (χ1n) is 7.55. The van der Waals surface area contributed by atoms with Gasteiger partial charge in [-0.2, -0.15) is 0 Å². The minimum absolute atomic E-state index is 0.0752. The van der Waals surface area contributed by atoms with Crippen LogP contribution in [0.4, 0.5) is 0 Å². The molecule has 0 unspecified atom stereocenters. The molecule has 1 aromatic carbocycles. The lowest BCUT2D eigenvalue weighted by molar-refractivity contribution is 0.0830. The number of nitrogens with one attached hydrogen (secondary N) is 2. The van der Waals surface area contributed by atoms with E-state index in [0.29, 0.717) is 16.3 Å². The van der Waals surface area contributed by atoms with Crippen LogP contribution in [0.25, 0.3) is 0 Å². The van der Waals surface area contributed by atoms with Crippen molar-refractivity contribution in [1.29, 1.82) is 0 Å². The van der Waals surface area contributed by atoms with Gasteiger partial charge < -0.3 is 4.42 Å². The molecule has 2 rings (SSSR count). The van der Waals surface area contributed by atoms with Crippen LogP contribution >= 0.6 is 11.6 Å². The number of rotatable bonds is 4. The fourth-order valence-corrected chi connectivity index (χ4v) is 1.92. The molecule has 0 atom stereocenters. The Balaban J connectivity index is 1.88. The molecule has 1 aromatic heterocycles. The Hall–Kier alpha value is -2.71. The summed E-state index contributed by atoms with van der Waals surface area (Å²) < 4.78 is 5.32. The van der Waals surface area contributed by atoms with E-state index in [9.17, 15) is 9.59 Å². The Morgan fingerprint density at radius 3 is 2.50 bits per heavy atom. The molecule has 2 aromatic rings. The molecule has 0 fully saturated rings. The van der Waals surface area contributed by atoms with E-state index in [1.807, 2.05) is 0 Å². The van der Waals surface area contributed by atoms with Crippen molar-refractivity contribution in [2.75, 3.05) is 0 Å². The Bertz CT molecular complexity index is 770. The van der Waals surface area contributed by atoms with Crippen molar-refractivity contribution in [3.63, 3.8) is 0 Å². The molecule has 0 saturated heterocycles. The molecular formula is C18H17ClN2O3. The molecule has 2 amide bonds. The first-order valence-corrected chi connectivity index (χ1v) is 7.93. The Labute approximate surface area is 145 Å². The number of unbranched alkanes of at least 4 members (excludes halogenated alkanes) is 2. The minimum atomic E-state index is -0.557. The molecular weight excluding hydrogens is 328 g/mol. The molecule has 0 aliphatic heterocycles. The summed E-state index contributed by atoms with van der Waals surface area (Å²) in [6, 6.07) is 9.42. The third-order valence-electron chi connectivity index (χ3n) is 3.09. The topological polar surface area (TPSA) is 71.3 Å². The van der Waals surface area contributed by atoms with E-state index in [2.05, 4.69) is 29.6 Å². The quantitative estimate of drug-likeness (QED) is 0.506. The second kappa shape index (κ2) is 8.80. The van der Waals surface area contributed by atoms with Crippen LogP contribution in [0.5, 0.6) is 0 Å². The van der Waals surface area contributed by atoms with Gasteiger partial charge in [0.15, 0.2) is 11.5 Å². The molecule has 5 nitrogen and oxygen atoms in total. The standard InChI is InChI=1S/C18H17ClN2O3/c1-2-3-4-5-6-15-11-12-16(24-15)18(23)21-20-17(22)13-7-9-14(19)10-8-13/h7-12H,2-4H2,1H3,(H,20,22)(H,21,23). The summed E-state index contributed by atoms with van der Waals surface area (Å²) in [6.07, 6.45) is 2.89. The normalized spacial score (nSPS) is 9.75. The highest BCUT2D eigenvalue weighted by Crippen LogP contribution is 2.09. The highest BCUT2D eigenvalue weighted by molar-refractivity contribution is 6.30. The van der Waals surface area contributed by atoms with Crippen LogP contribution in [-0.4, -0.2) is 11.8 Å². The van der Waals surface area contributed by atoms with Crippen LogP contribution < -0.4 is 10.9 Å². The smallest absolute Gasteiger partial charge is 0.305 e. The van der Waals surface area contributed by atoms with Gasteiger partial charge in [0.1, 0.15) is 0 Å². The number of hydrazine groups is 1. The third-order valence-corrected chi connectivity index (χ3v) is 3.34. The van der Waals surface area contributed by atoms with E-state index in [-0.39, 0.29) is 5.76 Å². The van der Waals surface area contributed by atoms with E-state index >= 15 is 0 Å². The second-order valence-corrected chi connectivity index (χ2v) is 5.42. The maximum absolute atomic E-state index is 11.9. The maximum atomic E-state index is 11.9. The van der Waals surface area contributed by atoms with E-state index in [4.69, 9.17) is 16.0 Å². The van der Waals surface area contributed by atoms with Gasteiger partial charge in [-0.25, -0.2) is 0 Å². The summed E-state index contributed by atoms with van der Waals surface area (Å²) >= 11 is 5.75. The third kappa shape index (κ3) is 5.18. The minimum Gasteiger partial charge on any atom is -0.443 e. The van der Waals surface area contributed by atoms with E-state index in [1.165, 1.54) is 6.07 Å². The molecule has 6 heteroatoms. The fraction of sp³-hybridized carbons (Fsp3) is 0.222. The molecule has 0 saturated carbocycles. The van der Waals surface area contributed by atoms with E-state index in [0.717, 1.165) is 19.3 Å². The largest absolute Gasteiger partial charge is 0.443 e. The van der Waals surface area contributed by atoms with Crippen molar-refractivity contribution >= 4 is 23.4 Å². The molecule has 2 N–H and O–H groups in total. The van der Waals surface area contributed by atoms with Gasteiger partial charge in [-0.3, -0.25) is 20.4 Å². The molecule has 0 aliphatic rings. The zero-order valence-corrected chi connectivity index (χ0v) is 13.9. The summed E-state index contributed by atoms with van der Waals surface area (Å²) in [4.78, 5) is 23.8. The lowest BCUT2D eigenvalue weighted by atomic mass is 10.2. The van der Waals surface area contributed by atoms with Crippen LogP contribution in [0.15, 0.2) is 40.8 Å². The number of hydrogen-bond acceptors (Lipinski definition) is 3. The van der Waals surface area contributed by atoms with Gasteiger partial charge in [0.05, 0.1) is 0 Å². The van der Waals surface area contributed by atoms with Crippen molar-refractivity contribution in [2.24, 2.45) is 0 Å². The molecule has 0 spiro atoms. The number of benzene rings is 1. The van der Waals surface area contributed by atoms with Gasteiger partial charge in [-0.15, -0.1) is 0 Å². The molecule has 0 aliphatic carbocycles. The Morgan fingerprint density at radius 2 is 1.79 bits per heavy atom. The van der Waals surface area contributed by atoms with Crippen molar-refractivity contribution in [2.45, 2.75) is 26.2 Å². The number of amides is 2.